The number of ether oxygens (including phenoxy) is 1. The average molecular weight is 210 g/mol. The first-order valence-electron chi connectivity index (χ1n) is 5.56. The number of ketones is 1. The van der Waals surface area contributed by atoms with Crippen LogP contribution in [0.3, 0.4) is 0 Å². The molecule has 0 fully saturated rings. The van der Waals surface area contributed by atoms with Crippen molar-refractivity contribution in [1.29, 1.82) is 0 Å². The van der Waals surface area contributed by atoms with E-state index in [0.717, 1.165) is 19.3 Å². The molecular formula is C12H18O3. The number of hydrogen-bond acceptors (Lipinski definition) is 3. The fourth-order valence-electron chi connectivity index (χ4n) is 1.79. The van der Waals surface area contributed by atoms with Gasteiger partial charge in [0.25, 0.3) is 0 Å². The summed E-state index contributed by atoms with van der Waals surface area (Å²) < 4.78 is 4.72. The first-order valence-corrected chi connectivity index (χ1v) is 5.56. The van der Waals surface area contributed by atoms with Crippen molar-refractivity contribution < 1.29 is 14.3 Å². The van der Waals surface area contributed by atoms with Crippen LogP contribution in [0.5, 0.6) is 0 Å². The molecule has 0 spiro atoms. The van der Waals surface area contributed by atoms with Crippen LogP contribution in [-0.4, -0.2) is 18.4 Å². The van der Waals surface area contributed by atoms with Gasteiger partial charge in [0.15, 0.2) is 0 Å². The summed E-state index contributed by atoms with van der Waals surface area (Å²) in [7, 11) is 0. The Morgan fingerprint density at radius 3 is 2.87 bits per heavy atom. The summed E-state index contributed by atoms with van der Waals surface area (Å²) in [6.45, 7) is 2.09. The van der Waals surface area contributed by atoms with Gasteiger partial charge in [0.1, 0.15) is 12.2 Å². The smallest absolute Gasteiger partial charge is 0.313 e. The summed E-state index contributed by atoms with van der Waals surface area (Å²) in [5.74, 6) is -0.0760. The van der Waals surface area contributed by atoms with Crippen LogP contribution >= 0.6 is 0 Å². The van der Waals surface area contributed by atoms with E-state index in [9.17, 15) is 9.59 Å². The molecular weight excluding hydrogens is 192 g/mol. The number of carbonyl (C=O) groups is 2. The van der Waals surface area contributed by atoms with Crippen LogP contribution in [0, 0.1) is 5.92 Å². The molecule has 0 aromatic carbocycles. The van der Waals surface area contributed by atoms with Crippen molar-refractivity contribution in [3.8, 4) is 0 Å². The van der Waals surface area contributed by atoms with Gasteiger partial charge in [-0.15, -0.1) is 0 Å². The molecule has 0 N–H and O–H groups in total. The van der Waals surface area contributed by atoms with Gasteiger partial charge in [-0.1, -0.05) is 12.2 Å². The molecule has 1 atom stereocenters. The maximum absolute atomic E-state index is 11.5. The van der Waals surface area contributed by atoms with Gasteiger partial charge < -0.3 is 4.74 Å². The van der Waals surface area contributed by atoms with Crippen LogP contribution in [0.25, 0.3) is 0 Å². The number of rotatable bonds is 5. The van der Waals surface area contributed by atoms with Crippen LogP contribution in [0.1, 0.15) is 39.0 Å². The summed E-state index contributed by atoms with van der Waals surface area (Å²) in [6.07, 6.45) is 7.94. The van der Waals surface area contributed by atoms with E-state index >= 15 is 0 Å². The lowest BCUT2D eigenvalue weighted by Gasteiger charge is -2.14. The monoisotopic (exact) mass is 210 g/mol. The van der Waals surface area contributed by atoms with Crippen molar-refractivity contribution in [3.05, 3.63) is 12.2 Å². The van der Waals surface area contributed by atoms with Gasteiger partial charge in [-0.05, 0) is 32.1 Å². The zero-order valence-electron chi connectivity index (χ0n) is 9.20. The Bertz CT molecular complexity index is 256. The molecule has 0 saturated heterocycles. The fourth-order valence-corrected chi connectivity index (χ4v) is 1.79. The van der Waals surface area contributed by atoms with E-state index in [4.69, 9.17) is 4.74 Å². The highest BCUT2D eigenvalue weighted by Gasteiger charge is 2.16. The molecule has 0 heterocycles. The van der Waals surface area contributed by atoms with Crippen molar-refractivity contribution >= 4 is 11.8 Å². The van der Waals surface area contributed by atoms with Crippen molar-refractivity contribution in [2.75, 3.05) is 6.61 Å². The predicted octanol–water partition coefficient (Wildman–Crippen LogP) is 2.26. The quantitative estimate of drug-likeness (QED) is 0.397. The van der Waals surface area contributed by atoms with Crippen molar-refractivity contribution in [2.24, 2.45) is 5.92 Å². The summed E-state index contributed by atoms with van der Waals surface area (Å²) in [5.41, 5.74) is 0. The fraction of sp³-hybridized carbons (Fsp3) is 0.667. The molecule has 1 aliphatic carbocycles. The van der Waals surface area contributed by atoms with Gasteiger partial charge in [-0.3, -0.25) is 9.59 Å². The zero-order valence-corrected chi connectivity index (χ0v) is 9.20. The molecule has 1 rings (SSSR count). The minimum Gasteiger partial charge on any atom is -0.466 e. The molecule has 0 aromatic rings. The van der Waals surface area contributed by atoms with E-state index in [0.29, 0.717) is 18.9 Å². The number of carbonyl (C=O) groups excluding carboxylic acids is 2. The lowest BCUT2D eigenvalue weighted by molar-refractivity contribution is -0.145. The van der Waals surface area contributed by atoms with E-state index in [-0.39, 0.29) is 12.2 Å². The highest BCUT2D eigenvalue weighted by atomic mass is 16.5. The highest BCUT2D eigenvalue weighted by molar-refractivity contribution is 5.95. The van der Waals surface area contributed by atoms with E-state index in [1.165, 1.54) is 0 Å². The van der Waals surface area contributed by atoms with Gasteiger partial charge in [0.2, 0.25) is 0 Å². The topological polar surface area (TPSA) is 43.4 Å². The molecule has 0 saturated carbocycles. The molecule has 1 aliphatic rings. The zero-order chi connectivity index (χ0) is 11.1. The van der Waals surface area contributed by atoms with E-state index in [1.807, 2.05) is 0 Å². The Labute approximate surface area is 90.5 Å². The molecule has 0 aliphatic heterocycles. The van der Waals surface area contributed by atoms with Crippen LogP contribution < -0.4 is 0 Å². The molecule has 3 heteroatoms. The Hall–Kier alpha value is -1.12. The van der Waals surface area contributed by atoms with E-state index < -0.39 is 5.97 Å². The summed E-state index contributed by atoms with van der Waals surface area (Å²) in [5, 5.41) is 0. The van der Waals surface area contributed by atoms with Gasteiger partial charge >= 0.3 is 5.97 Å². The van der Waals surface area contributed by atoms with Gasteiger partial charge in [0, 0.05) is 6.42 Å². The first kappa shape index (κ1) is 12.0. The van der Waals surface area contributed by atoms with E-state index in [1.54, 1.807) is 6.92 Å². The van der Waals surface area contributed by atoms with Crippen LogP contribution in [0.4, 0.5) is 0 Å². The molecule has 0 bridgehead atoms. The minimum absolute atomic E-state index is 0.00926. The molecule has 0 radical (unpaired) electrons. The first-order chi connectivity index (χ1) is 7.22. The lowest BCUT2D eigenvalue weighted by atomic mass is 9.91. The standard InChI is InChI=1S/C12H18O3/c1-2-15-12(14)9-11(13)8-10-6-4-3-5-7-10/h4,6,10H,2-3,5,7-9H2,1H3. The molecule has 1 unspecified atom stereocenters. The molecule has 0 amide bonds. The average Bonchev–Trinajstić information content (AvgIpc) is 2.19. The number of hydrogen-bond donors (Lipinski definition) is 0. The largest absolute Gasteiger partial charge is 0.466 e. The van der Waals surface area contributed by atoms with Crippen LogP contribution in [0.15, 0.2) is 12.2 Å². The minimum atomic E-state index is -0.401. The third-order valence-electron chi connectivity index (χ3n) is 2.49. The second-order valence-corrected chi connectivity index (χ2v) is 3.84. The maximum Gasteiger partial charge on any atom is 0.313 e. The van der Waals surface area contributed by atoms with Gasteiger partial charge in [0.05, 0.1) is 6.61 Å². The Morgan fingerprint density at radius 1 is 1.47 bits per heavy atom. The Balaban J connectivity index is 2.25. The third kappa shape index (κ3) is 4.77. The SMILES string of the molecule is CCOC(=O)CC(=O)CC1C=CCCC1. The normalized spacial score (nSPS) is 19.9. The van der Waals surface area contributed by atoms with Gasteiger partial charge in [-0.2, -0.15) is 0 Å². The Morgan fingerprint density at radius 2 is 2.27 bits per heavy atom. The van der Waals surface area contributed by atoms with E-state index in [2.05, 4.69) is 12.2 Å². The van der Waals surface area contributed by atoms with Crippen molar-refractivity contribution in [1.82, 2.24) is 0 Å². The molecule has 0 aromatic heterocycles. The molecule has 15 heavy (non-hydrogen) atoms. The second kappa shape index (κ2) is 6.38. The van der Waals surface area contributed by atoms with Crippen molar-refractivity contribution in [2.45, 2.75) is 39.0 Å². The second-order valence-electron chi connectivity index (χ2n) is 3.84. The van der Waals surface area contributed by atoms with Crippen molar-refractivity contribution in [3.63, 3.8) is 0 Å². The summed E-state index contributed by atoms with van der Waals surface area (Å²) >= 11 is 0. The highest BCUT2D eigenvalue weighted by Crippen LogP contribution is 2.20. The Kier molecular flexibility index (Phi) is 5.08. The number of esters is 1. The predicted molar refractivity (Wildman–Crippen MR) is 57.4 cm³/mol. The van der Waals surface area contributed by atoms with Crippen LogP contribution in [0.2, 0.25) is 0 Å². The summed E-state index contributed by atoms with van der Waals surface area (Å²) in [6, 6.07) is 0. The molecule has 3 nitrogen and oxygen atoms in total. The maximum atomic E-state index is 11.5. The number of allylic oxidation sites excluding steroid dienone is 2. The summed E-state index contributed by atoms with van der Waals surface area (Å²) in [4.78, 5) is 22.5. The molecule has 84 valence electrons. The van der Waals surface area contributed by atoms with Crippen LogP contribution in [-0.2, 0) is 14.3 Å². The lowest BCUT2D eigenvalue weighted by Crippen LogP contribution is -2.14. The third-order valence-corrected chi connectivity index (χ3v) is 2.49. The number of Topliss-reactive ketones (excluding diaryl/α,β-unsaturated/α-hetero) is 1. The van der Waals surface area contributed by atoms with Gasteiger partial charge in [-0.25, -0.2) is 0 Å².